The van der Waals surface area contributed by atoms with E-state index in [2.05, 4.69) is 74.3 Å². The van der Waals surface area contributed by atoms with Crippen LogP contribution in [0.25, 0.3) is 55.0 Å². The molecule has 0 amide bonds. The first kappa shape index (κ1) is 18.0. The number of fused-ring (bicyclic) bond motifs is 2. The number of nitrogens with one attached hydrogen (secondary N) is 2. The van der Waals surface area contributed by atoms with Crippen LogP contribution in [0.3, 0.4) is 0 Å². The molecule has 6 aromatic rings. The maximum atomic E-state index is 4.59. The highest BCUT2D eigenvalue weighted by Gasteiger charge is 2.16. The fraction of sp³-hybridized carbons (Fsp3) is 0.0833. The van der Waals surface area contributed by atoms with Crippen LogP contribution in [0.2, 0.25) is 0 Å². The van der Waals surface area contributed by atoms with Crippen LogP contribution in [0.5, 0.6) is 0 Å². The molecular weight excluding hydrogens is 404 g/mol. The second kappa shape index (κ2) is 6.85. The number of thiophene rings is 1. The van der Waals surface area contributed by atoms with Gasteiger partial charge in [-0.25, -0.2) is 9.97 Å². The monoisotopic (exact) mass is 422 g/mol. The number of pyridine rings is 3. The summed E-state index contributed by atoms with van der Waals surface area (Å²) >= 11 is 1.79. The summed E-state index contributed by atoms with van der Waals surface area (Å²) in [6.45, 7) is 4.20. The lowest BCUT2D eigenvalue weighted by Crippen LogP contribution is -1.87. The van der Waals surface area contributed by atoms with Gasteiger partial charge in [0.1, 0.15) is 11.3 Å². The van der Waals surface area contributed by atoms with Crippen molar-refractivity contribution in [1.29, 1.82) is 0 Å². The lowest BCUT2D eigenvalue weighted by molar-refractivity contribution is 1.10. The quantitative estimate of drug-likeness (QED) is 0.371. The van der Waals surface area contributed by atoms with Crippen molar-refractivity contribution in [3.05, 3.63) is 71.6 Å². The van der Waals surface area contributed by atoms with Crippen molar-refractivity contribution >= 4 is 33.4 Å². The van der Waals surface area contributed by atoms with E-state index >= 15 is 0 Å². The molecule has 0 aliphatic rings. The van der Waals surface area contributed by atoms with Gasteiger partial charge in [-0.05, 0) is 55.8 Å². The lowest BCUT2D eigenvalue weighted by atomic mass is 10.0. The number of aromatic nitrogens is 6. The molecule has 0 bridgehead atoms. The summed E-state index contributed by atoms with van der Waals surface area (Å²) < 4.78 is 0. The van der Waals surface area contributed by atoms with Gasteiger partial charge in [-0.1, -0.05) is 0 Å². The molecule has 31 heavy (non-hydrogen) atoms. The molecule has 0 spiro atoms. The Labute approximate surface area is 182 Å². The van der Waals surface area contributed by atoms with Gasteiger partial charge in [-0.2, -0.15) is 5.10 Å². The van der Waals surface area contributed by atoms with Crippen molar-refractivity contribution in [1.82, 2.24) is 30.1 Å². The smallest absolute Gasteiger partial charge is 0.155 e. The highest BCUT2D eigenvalue weighted by atomic mass is 32.1. The van der Waals surface area contributed by atoms with E-state index in [9.17, 15) is 0 Å². The molecule has 0 saturated heterocycles. The third-order valence-electron chi connectivity index (χ3n) is 5.56. The molecule has 6 heterocycles. The van der Waals surface area contributed by atoms with Gasteiger partial charge in [0.2, 0.25) is 0 Å². The fourth-order valence-electron chi connectivity index (χ4n) is 3.97. The molecule has 0 radical (unpaired) electrons. The zero-order chi connectivity index (χ0) is 20.9. The Morgan fingerprint density at radius 3 is 2.61 bits per heavy atom. The van der Waals surface area contributed by atoms with Gasteiger partial charge in [-0.3, -0.25) is 10.1 Å². The Hall–Kier alpha value is -3.84. The van der Waals surface area contributed by atoms with Gasteiger partial charge in [0.05, 0.1) is 5.69 Å². The molecule has 6 rings (SSSR count). The molecule has 7 heteroatoms. The highest BCUT2D eigenvalue weighted by molar-refractivity contribution is 7.15. The van der Waals surface area contributed by atoms with Gasteiger partial charge in [0.25, 0.3) is 0 Å². The molecule has 6 aromatic heterocycles. The zero-order valence-electron chi connectivity index (χ0n) is 17.0. The van der Waals surface area contributed by atoms with Crippen LogP contribution in [0.1, 0.15) is 10.4 Å². The van der Waals surface area contributed by atoms with Crippen molar-refractivity contribution in [3.63, 3.8) is 0 Å². The average molecular weight is 423 g/mol. The van der Waals surface area contributed by atoms with Gasteiger partial charge in [-0.15, -0.1) is 11.3 Å². The molecule has 6 nitrogen and oxygen atoms in total. The zero-order valence-corrected chi connectivity index (χ0v) is 17.8. The third-order valence-corrected chi connectivity index (χ3v) is 6.59. The van der Waals surface area contributed by atoms with E-state index in [4.69, 9.17) is 0 Å². The molecule has 0 aliphatic heterocycles. The molecule has 0 unspecified atom stereocenters. The topological polar surface area (TPSA) is 83.1 Å². The minimum atomic E-state index is 0.751. The summed E-state index contributed by atoms with van der Waals surface area (Å²) in [7, 11) is 0. The van der Waals surface area contributed by atoms with Crippen LogP contribution in [-0.4, -0.2) is 30.1 Å². The maximum absolute atomic E-state index is 4.59. The van der Waals surface area contributed by atoms with Gasteiger partial charge in [0.15, 0.2) is 5.65 Å². The van der Waals surface area contributed by atoms with Crippen LogP contribution < -0.4 is 0 Å². The number of aryl methyl sites for hydroxylation is 2. The van der Waals surface area contributed by atoms with E-state index in [0.29, 0.717) is 0 Å². The van der Waals surface area contributed by atoms with E-state index in [0.717, 1.165) is 50.1 Å². The van der Waals surface area contributed by atoms with Crippen LogP contribution in [0.4, 0.5) is 0 Å². The van der Waals surface area contributed by atoms with E-state index in [-0.39, 0.29) is 0 Å². The van der Waals surface area contributed by atoms with Crippen molar-refractivity contribution in [3.8, 4) is 33.0 Å². The number of rotatable bonds is 3. The summed E-state index contributed by atoms with van der Waals surface area (Å²) in [5.74, 6) is 0. The molecule has 0 aromatic carbocycles. The predicted octanol–water partition coefficient (Wildman–Crippen LogP) is 5.91. The first-order chi connectivity index (χ1) is 15.2. The molecule has 0 fully saturated rings. The summed E-state index contributed by atoms with van der Waals surface area (Å²) in [6.07, 6.45) is 7.39. The first-order valence-corrected chi connectivity index (χ1v) is 10.8. The highest BCUT2D eigenvalue weighted by Crippen LogP contribution is 2.36. The van der Waals surface area contributed by atoms with Crippen molar-refractivity contribution < 1.29 is 0 Å². The second-order valence-electron chi connectivity index (χ2n) is 7.60. The molecular formula is C24H18N6S. The summed E-state index contributed by atoms with van der Waals surface area (Å²) in [6, 6.07) is 12.6. The summed E-state index contributed by atoms with van der Waals surface area (Å²) in [4.78, 5) is 19.4. The molecule has 0 saturated carbocycles. The predicted molar refractivity (Wildman–Crippen MR) is 125 cm³/mol. The SMILES string of the molecule is Cc1ccc(-c2ccnc3[nH]c(-c4n[nH]c5ncc(-c6cnccc6C)cc45)cc23)s1. The molecule has 2 N–H and O–H groups in total. The standard InChI is InChI=1S/C24H18N6S/c1-13-5-7-25-12-19(13)15-9-18-22(29-30-24(18)27-11-15)20-10-17-16(6-8-26-23(17)28-20)21-4-3-14(2)31-21/h3-12H,1-2H3,(H,26,28)(H,27,29,30). The lowest BCUT2D eigenvalue weighted by Gasteiger charge is -2.04. The number of H-pyrrole nitrogens is 2. The average Bonchev–Trinajstić information content (AvgIpc) is 3.50. The van der Waals surface area contributed by atoms with Crippen LogP contribution in [0.15, 0.2) is 61.2 Å². The van der Waals surface area contributed by atoms with Crippen LogP contribution in [0, 0.1) is 13.8 Å². The van der Waals surface area contributed by atoms with E-state index in [1.54, 1.807) is 17.5 Å². The van der Waals surface area contributed by atoms with Crippen molar-refractivity contribution in [2.45, 2.75) is 13.8 Å². The summed E-state index contributed by atoms with van der Waals surface area (Å²) in [5.41, 5.74) is 7.76. The Kier molecular flexibility index (Phi) is 3.97. The molecule has 0 atom stereocenters. The molecule has 150 valence electrons. The minimum absolute atomic E-state index is 0.751. The normalized spacial score (nSPS) is 11.5. The Bertz CT molecular complexity index is 1570. The van der Waals surface area contributed by atoms with E-state index in [1.165, 1.54) is 15.3 Å². The number of aromatic amines is 2. The molecule has 0 aliphatic carbocycles. The van der Waals surface area contributed by atoms with Crippen LogP contribution in [-0.2, 0) is 0 Å². The summed E-state index contributed by atoms with van der Waals surface area (Å²) in [5, 5.41) is 9.67. The fourth-order valence-corrected chi connectivity index (χ4v) is 4.88. The van der Waals surface area contributed by atoms with Gasteiger partial charge < -0.3 is 4.98 Å². The van der Waals surface area contributed by atoms with Crippen LogP contribution >= 0.6 is 11.3 Å². The Morgan fingerprint density at radius 1 is 0.839 bits per heavy atom. The van der Waals surface area contributed by atoms with E-state index in [1.807, 2.05) is 24.7 Å². The van der Waals surface area contributed by atoms with Crippen molar-refractivity contribution in [2.24, 2.45) is 0 Å². The van der Waals surface area contributed by atoms with E-state index < -0.39 is 0 Å². The third kappa shape index (κ3) is 2.93. The second-order valence-corrected chi connectivity index (χ2v) is 8.88. The Morgan fingerprint density at radius 2 is 1.77 bits per heavy atom. The van der Waals surface area contributed by atoms with Gasteiger partial charge >= 0.3 is 0 Å². The number of hydrogen-bond acceptors (Lipinski definition) is 5. The maximum Gasteiger partial charge on any atom is 0.155 e. The Balaban J connectivity index is 1.52. The largest absolute Gasteiger partial charge is 0.338 e. The minimum Gasteiger partial charge on any atom is -0.338 e. The van der Waals surface area contributed by atoms with Crippen molar-refractivity contribution in [2.75, 3.05) is 0 Å². The van der Waals surface area contributed by atoms with Gasteiger partial charge in [0, 0.05) is 62.0 Å². The number of nitrogens with zero attached hydrogens (tertiary/aromatic N) is 4. The number of hydrogen-bond donors (Lipinski definition) is 2. The first-order valence-electron chi connectivity index (χ1n) is 9.97.